The number of nitrogens with two attached hydrogens (primary N) is 1. The van der Waals surface area contributed by atoms with E-state index in [1.807, 2.05) is 22.6 Å². The first-order chi connectivity index (χ1) is 9.31. The Morgan fingerprint density at radius 1 is 1.25 bits per heavy atom. The summed E-state index contributed by atoms with van der Waals surface area (Å²) in [5.41, 5.74) is 6.13. The molecule has 0 heterocycles. The molecular weight excluding hydrogens is 462 g/mol. The number of benzene rings is 2. The lowest BCUT2D eigenvalue weighted by molar-refractivity contribution is 0.570. The van der Waals surface area contributed by atoms with E-state index in [4.69, 9.17) is 5.73 Å². The van der Waals surface area contributed by atoms with Gasteiger partial charge in [0, 0.05) is 13.7 Å². The van der Waals surface area contributed by atoms with Crippen molar-refractivity contribution < 1.29 is 12.8 Å². The monoisotopic (exact) mass is 470 g/mol. The largest absolute Gasteiger partial charge is 0.398 e. The van der Waals surface area contributed by atoms with Crippen LogP contribution < -0.4 is 10.5 Å². The fourth-order valence-electron chi connectivity index (χ4n) is 1.49. The SMILES string of the molecule is Nc1cc(S(=O)(=O)Nc2ccccc2I)c(F)cc1Br. The third-order valence-corrected chi connectivity index (χ3v) is 5.47. The molecule has 20 heavy (non-hydrogen) atoms. The molecule has 0 aliphatic rings. The summed E-state index contributed by atoms with van der Waals surface area (Å²) in [5.74, 6) is -0.871. The maximum atomic E-state index is 13.8. The lowest BCUT2D eigenvalue weighted by Crippen LogP contribution is -2.15. The molecule has 106 valence electrons. The molecule has 0 unspecified atom stereocenters. The van der Waals surface area contributed by atoms with Crippen LogP contribution in [0.2, 0.25) is 0 Å². The number of hydrogen-bond acceptors (Lipinski definition) is 3. The Balaban J connectivity index is 2.47. The Morgan fingerprint density at radius 3 is 2.55 bits per heavy atom. The van der Waals surface area contributed by atoms with Gasteiger partial charge >= 0.3 is 0 Å². The average molecular weight is 471 g/mol. The van der Waals surface area contributed by atoms with Crippen LogP contribution in [0.15, 0.2) is 45.8 Å². The quantitative estimate of drug-likeness (QED) is 0.532. The predicted octanol–water partition coefficient (Wildman–Crippen LogP) is 3.58. The Kier molecular flexibility index (Phi) is 4.55. The zero-order valence-electron chi connectivity index (χ0n) is 9.90. The lowest BCUT2D eigenvalue weighted by atomic mass is 10.3. The Hall–Kier alpha value is -0.870. The van der Waals surface area contributed by atoms with Gasteiger partial charge in [0.15, 0.2) is 0 Å². The van der Waals surface area contributed by atoms with Gasteiger partial charge in [0.05, 0.1) is 5.69 Å². The summed E-state index contributed by atoms with van der Waals surface area (Å²) in [6, 6.07) is 8.91. The summed E-state index contributed by atoms with van der Waals surface area (Å²) in [4.78, 5) is -0.488. The van der Waals surface area contributed by atoms with E-state index in [1.54, 1.807) is 24.3 Å². The maximum Gasteiger partial charge on any atom is 0.264 e. The van der Waals surface area contributed by atoms with Crippen molar-refractivity contribution in [1.29, 1.82) is 0 Å². The van der Waals surface area contributed by atoms with Crippen LogP contribution in [0.5, 0.6) is 0 Å². The summed E-state index contributed by atoms with van der Waals surface area (Å²) < 4.78 is 41.6. The molecule has 0 bridgehead atoms. The van der Waals surface area contributed by atoms with Crippen LogP contribution >= 0.6 is 38.5 Å². The van der Waals surface area contributed by atoms with Crippen LogP contribution in [0.3, 0.4) is 0 Å². The summed E-state index contributed by atoms with van der Waals surface area (Å²) in [6.45, 7) is 0. The van der Waals surface area contributed by atoms with Crippen molar-refractivity contribution in [3.8, 4) is 0 Å². The van der Waals surface area contributed by atoms with Crippen molar-refractivity contribution in [2.24, 2.45) is 0 Å². The average Bonchev–Trinajstić information content (AvgIpc) is 2.36. The summed E-state index contributed by atoms with van der Waals surface area (Å²) in [7, 11) is -4.04. The van der Waals surface area contributed by atoms with E-state index in [9.17, 15) is 12.8 Å². The maximum absolute atomic E-state index is 13.8. The van der Waals surface area contributed by atoms with Gasteiger partial charge in [0.2, 0.25) is 0 Å². The fraction of sp³-hybridized carbons (Fsp3) is 0. The van der Waals surface area contributed by atoms with E-state index in [-0.39, 0.29) is 5.69 Å². The minimum atomic E-state index is -4.04. The van der Waals surface area contributed by atoms with E-state index in [0.29, 0.717) is 13.7 Å². The Bertz CT molecular complexity index is 768. The number of anilines is 2. The van der Waals surface area contributed by atoms with Gasteiger partial charge < -0.3 is 5.73 Å². The van der Waals surface area contributed by atoms with Gasteiger partial charge in [-0.15, -0.1) is 0 Å². The summed E-state index contributed by atoms with van der Waals surface area (Å²) >= 11 is 5.03. The third kappa shape index (κ3) is 3.23. The van der Waals surface area contributed by atoms with E-state index >= 15 is 0 Å². The molecule has 0 spiro atoms. The molecule has 8 heteroatoms. The van der Waals surface area contributed by atoms with E-state index < -0.39 is 20.7 Å². The highest BCUT2D eigenvalue weighted by Crippen LogP contribution is 2.28. The molecule has 0 fully saturated rings. The van der Waals surface area contributed by atoms with Crippen molar-refractivity contribution in [2.75, 3.05) is 10.5 Å². The van der Waals surface area contributed by atoms with E-state index in [2.05, 4.69) is 20.7 Å². The fourth-order valence-corrected chi connectivity index (χ4v) is 3.69. The standard InChI is InChI=1S/C12H9BrFIN2O2S/c13-7-5-8(14)12(6-10(7)16)20(18,19)17-11-4-2-1-3-9(11)15/h1-6,17H,16H2. The molecule has 2 rings (SSSR count). The normalized spacial score (nSPS) is 11.3. The van der Waals surface area contributed by atoms with E-state index in [1.165, 1.54) is 0 Å². The van der Waals surface area contributed by atoms with Crippen LogP contribution in [-0.4, -0.2) is 8.42 Å². The number of rotatable bonds is 3. The van der Waals surface area contributed by atoms with Crippen molar-refractivity contribution in [3.63, 3.8) is 0 Å². The van der Waals surface area contributed by atoms with Crippen LogP contribution in [0.1, 0.15) is 0 Å². The molecule has 0 aromatic heterocycles. The van der Waals surface area contributed by atoms with Gasteiger partial charge in [-0.3, -0.25) is 4.72 Å². The van der Waals surface area contributed by atoms with Crippen molar-refractivity contribution in [1.82, 2.24) is 0 Å². The van der Waals surface area contributed by atoms with Crippen LogP contribution in [0.4, 0.5) is 15.8 Å². The zero-order valence-corrected chi connectivity index (χ0v) is 14.5. The number of hydrogen-bond donors (Lipinski definition) is 2. The highest BCUT2D eigenvalue weighted by Gasteiger charge is 2.21. The smallest absolute Gasteiger partial charge is 0.264 e. The molecule has 0 amide bonds. The molecule has 0 radical (unpaired) electrons. The number of halogens is 3. The van der Waals surface area contributed by atoms with Gasteiger partial charge in [0.1, 0.15) is 10.7 Å². The van der Waals surface area contributed by atoms with Crippen molar-refractivity contribution >= 4 is 59.9 Å². The van der Waals surface area contributed by atoms with Crippen LogP contribution in [0, 0.1) is 9.39 Å². The molecule has 3 N–H and O–H groups in total. The highest BCUT2D eigenvalue weighted by atomic mass is 127. The zero-order chi connectivity index (χ0) is 14.9. The minimum absolute atomic E-state index is 0.148. The third-order valence-electron chi connectivity index (χ3n) is 2.46. The first kappa shape index (κ1) is 15.5. The second-order valence-corrected chi connectivity index (χ2v) is 7.56. The Morgan fingerprint density at radius 2 is 1.90 bits per heavy atom. The second-order valence-electron chi connectivity index (χ2n) is 3.89. The van der Waals surface area contributed by atoms with Gasteiger partial charge in [-0.05, 0) is 62.8 Å². The van der Waals surface area contributed by atoms with Gasteiger partial charge in [-0.2, -0.15) is 0 Å². The van der Waals surface area contributed by atoms with Crippen molar-refractivity contribution in [3.05, 3.63) is 50.3 Å². The highest BCUT2D eigenvalue weighted by molar-refractivity contribution is 14.1. The first-order valence-electron chi connectivity index (χ1n) is 5.33. The van der Waals surface area contributed by atoms with Crippen LogP contribution in [0.25, 0.3) is 0 Å². The summed E-state index contributed by atoms with van der Waals surface area (Å²) in [6.07, 6.45) is 0. The number of nitrogen functional groups attached to an aromatic ring is 1. The topological polar surface area (TPSA) is 72.2 Å². The molecular formula is C12H9BrFIN2O2S. The van der Waals surface area contributed by atoms with Gasteiger partial charge in [-0.25, -0.2) is 12.8 Å². The van der Waals surface area contributed by atoms with Gasteiger partial charge in [-0.1, -0.05) is 12.1 Å². The molecule has 0 saturated heterocycles. The molecule has 0 aliphatic carbocycles. The lowest BCUT2D eigenvalue weighted by Gasteiger charge is -2.11. The number of para-hydroxylation sites is 1. The van der Waals surface area contributed by atoms with Crippen molar-refractivity contribution in [2.45, 2.75) is 4.90 Å². The molecule has 0 aliphatic heterocycles. The number of nitrogens with one attached hydrogen (secondary N) is 1. The molecule has 4 nitrogen and oxygen atoms in total. The second kappa shape index (κ2) is 5.86. The first-order valence-corrected chi connectivity index (χ1v) is 8.68. The van der Waals surface area contributed by atoms with Gasteiger partial charge in [0.25, 0.3) is 10.0 Å². The number of sulfonamides is 1. The molecule has 2 aromatic rings. The van der Waals surface area contributed by atoms with Crippen LogP contribution in [-0.2, 0) is 10.0 Å². The minimum Gasteiger partial charge on any atom is -0.398 e. The molecule has 2 aromatic carbocycles. The summed E-state index contributed by atoms with van der Waals surface area (Å²) in [5, 5.41) is 0. The van der Waals surface area contributed by atoms with E-state index in [0.717, 1.165) is 12.1 Å². The Labute approximate surface area is 137 Å². The predicted molar refractivity (Wildman–Crippen MR) is 88.5 cm³/mol. The molecule has 0 atom stereocenters. The molecule has 0 saturated carbocycles.